The van der Waals surface area contributed by atoms with Gasteiger partial charge in [-0.3, -0.25) is 0 Å². The normalized spacial score (nSPS) is 24.6. The van der Waals surface area contributed by atoms with Gasteiger partial charge in [0.1, 0.15) is 0 Å². The summed E-state index contributed by atoms with van der Waals surface area (Å²) in [5.41, 5.74) is 0. The van der Waals surface area contributed by atoms with E-state index in [0.29, 0.717) is 0 Å². The van der Waals surface area contributed by atoms with E-state index < -0.39 is 31.3 Å². The number of hydrogen-bond acceptors (Lipinski definition) is 4. The van der Waals surface area contributed by atoms with Crippen LogP contribution in [0.5, 0.6) is 0 Å². The zero-order chi connectivity index (χ0) is 16.0. The molecule has 1 aliphatic heterocycles. The first-order valence-corrected chi connectivity index (χ1v) is 10.4. The third kappa shape index (κ3) is 3.12. The zero-order valence-electron chi connectivity index (χ0n) is 11.4. The Morgan fingerprint density at radius 3 is 2.36 bits per heavy atom. The molecule has 22 heavy (non-hydrogen) atoms. The highest BCUT2D eigenvalue weighted by molar-refractivity contribution is 7.92. The van der Waals surface area contributed by atoms with Gasteiger partial charge in [-0.2, -0.15) is 0 Å². The number of nitrogens with one attached hydrogen (secondary N) is 1. The van der Waals surface area contributed by atoms with E-state index in [4.69, 9.17) is 11.6 Å². The maximum Gasteiger partial charge on any atom is 0.240 e. The van der Waals surface area contributed by atoms with Crippen LogP contribution in [-0.2, 0) is 19.9 Å². The largest absolute Gasteiger partial charge is 0.240 e. The molecule has 0 amide bonds. The fraction of sp³-hybridized carbons (Fsp3) is 0.286. The summed E-state index contributed by atoms with van der Waals surface area (Å²) in [6.07, 6.45) is 0. The number of halogens is 1. The summed E-state index contributed by atoms with van der Waals surface area (Å²) in [5.74, 6) is -0.479. The molecule has 2 aromatic rings. The molecule has 1 aliphatic rings. The second-order valence-corrected chi connectivity index (χ2v) is 9.76. The van der Waals surface area contributed by atoms with Crippen molar-refractivity contribution in [3.05, 3.63) is 42.5 Å². The molecule has 2 aromatic carbocycles. The summed E-state index contributed by atoms with van der Waals surface area (Å²) in [6, 6.07) is 11.4. The van der Waals surface area contributed by atoms with Crippen molar-refractivity contribution in [1.82, 2.24) is 4.72 Å². The van der Waals surface area contributed by atoms with Gasteiger partial charge >= 0.3 is 0 Å². The van der Waals surface area contributed by atoms with Crippen LogP contribution in [0.2, 0.25) is 0 Å². The number of hydrogen-bond donors (Lipinski definition) is 1. The lowest BCUT2D eigenvalue weighted by Crippen LogP contribution is -2.40. The smallest absolute Gasteiger partial charge is 0.229 e. The van der Waals surface area contributed by atoms with E-state index in [2.05, 4.69) is 4.72 Å². The average Bonchev–Trinajstić information content (AvgIpc) is 2.70. The minimum Gasteiger partial charge on any atom is -0.229 e. The molecule has 118 valence electrons. The predicted octanol–water partition coefficient (Wildman–Crippen LogP) is 1.52. The van der Waals surface area contributed by atoms with Crippen LogP contribution in [0.3, 0.4) is 0 Å². The van der Waals surface area contributed by atoms with Crippen molar-refractivity contribution in [2.24, 2.45) is 0 Å². The van der Waals surface area contributed by atoms with E-state index in [1.807, 2.05) is 24.3 Å². The number of alkyl halides is 1. The maximum atomic E-state index is 12.4. The van der Waals surface area contributed by atoms with E-state index in [0.717, 1.165) is 10.8 Å². The van der Waals surface area contributed by atoms with Crippen LogP contribution in [0.25, 0.3) is 10.8 Å². The molecular weight excluding hydrogens is 346 g/mol. The average molecular weight is 360 g/mol. The van der Waals surface area contributed by atoms with Gasteiger partial charge in [-0.15, -0.1) is 11.6 Å². The highest BCUT2D eigenvalue weighted by atomic mass is 35.5. The zero-order valence-corrected chi connectivity index (χ0v) is 13.8. The molecule has 0 saturated carbocycles. The molecule has 1 N–H and O–H groups in total. The van der Waals surface area contributed by atoms with Gasteiger partial charge in [0.05, 0.1) is 27.8 Å². The molecule has 0 aliphatic carbocycles. The van der Waals surface area contributed by atoms with Gasteiger partial charge in [0, 0.05) is 0 Å². The standard InChI is InChI=1S/C14H14ClNO4S2/c15-13-8-21(17,18)9-14(13)16-22(19,20)12-6-5-10-3-1-2-4-11(10)7-12/h1-7,13-14,16H,8-9H2/t13-,14-/m0/s1. The van der Waals surface area contributed by atoms with Gasteiger partial charge in [0.2, 0.25) is 10.0 Å². The first-order valence-electron chi connectivity index (χ1n) is 6.62. The molecular formula is C14H14ClNO4S2. The van der Waals surface area contributed by atoms with Gasteiger partial charge < -0.3 is 0 Å². The van der Waals surface area contributed by atoms with Crippen LogP contribution in [0.15, 0.2) is 47.4 Å². The van der Waals surface area contributed by atoms with Crippen LogP contribution in [-0.4, -0.2) is 39.8 Å². The van der Waals surface area contributed by atoms with Crippen molar-refractivity contribution in [2.45, 2.75) is 16.3 Å². The highest BCUT2D eigenvalue weighted by Gasteiger charge is 2.38. The number of sulfone groups is 1. The Bertz CT molecular complexity index is 925. The fourth-order valence-electron chi connectivity index (χ4n) is 2.51. The van der Waals surface area contributed by atoms with Crippen LogP contribution < -0.4 is 4.72 Å². The Hall–Kier alpha value is -1.15. The van der Waals surface area contributed by atoms with E-state index in [9.17, 15) is 16.8 Å². The first-order chi connectivity index (χ1) is 10.3. The number of sulfonamides is 1. The third-order valence-corrected chi connectivity index (χ3v) is 7.48. The monoisotopic (exact) mass is 359 g/mol. The van der Waals surface area contributed by atoms with Crippen LogP contribution in [0, 0.1) is 0 Å². The molecule has 8 heteroatoms. The second kappa shape index (κ2) is 5.49. The van der Waals surface area contributed by atoms with E-state index >= 15 is 0 Å². The molecule has 1 saturated heterocycles. The Morgan fingerprint density at radius 2 is 1.73 bits per heavy atom. The van der Waals surface area contributed by atoms with Crippen molar-refractivity contribution < 1.29 is 16.8 Å². The van der Waals surface area contributed by atoms with Crippen LogP contribution in [0.4, 0.5) is 0 Å². The van der Waals surface area contributed by atoms with Gasteiger partial charge in [-0.1, -0.05) is 30.3 Å². The topological polar surface area (TPSA) is 80.3 Å². The molecule has 5 nitrogen and oxygen atoms in total. The molecule has 1 heterocycles. The van der Waals surface area contributed by atoms with Crippen molar-refractivity contribution in [1.29, 1.82) is 0 Å². The van der Waals surface area contributed by atoms with Gasteiger partial charge in [0.15, 0.2) is 9.84 Å². The summed E-state index contributed by atoms with van der Waals surface area (Å²) in [7, 11) is -7.11. The first kappa shape index (κ1) is 15.7. The Labute approximate surface area is 134 Å². The number of rotatable bonds is 3. The van der Waals surface area contributed by atoms with Gasteiger partial charge in [0.25, 0.3) is 0 Å². The fourth-order valence-corrected chi connectivity index (χ4v) is 6.56. The van der Waals surface area contributed by atoms with Crippen molar-refractivity contribution in [2.75, 3.05) is 11.5 Å². The summed E-state index contributed by atoms with van der Waals surface area (Å²) < 4.78 is 50.3. The maximum absolute atomic E-state index is 12.4. The SMILES string of the molecule is O=S1(=O)C[C@H](NS(=O)(=O)c2ccc3ccccc3c2)[C@@H](Cl)C1. The lowest BCUT2D eigenvalue weighted by atomic mass is 10.1. The third-order valence-electron chi connectivity index (χ3n) is 3.62. The quantitative estimate of drug-likeness (QED) is 0.842. The Kier molecular flexibility index (Phi) is 3.92. The minimum atomic E-state index is -3.82. The summed E-state index contributed by atoms with van der Waals surface area (Å²) in [4.78, 5) is 0.0966. The van der Waals surface area contributed by atoms with E-state index in [-0.39, 0.29) is 16.4 Å². The molecule has 0 aromatic heterocycles. The van der Waals surface area contributed by atoms with Crippen LogP contribution >= 0.6 is 11.6 Å². The van der Waals surface area contributed by atoms with E-state index in [1.54, 1.807) is 12.1 Å². The van der Waals surface area contributed by atoms with Gasteiger partial charge in [-0.25, -0.2) is 21.6 Å². The molecule has 0 bridgehead atoms. The van der Waals surface area contributed by atoms with E-state index in [1.165, 1.54) is 6.07 Å². The number of benzene rings is 2. The Morgan fingerprint density at radius 1 is 1.05 bits per heavy atom. The molecule has 0 spiro atoms. The Balaban J connectivity index is 1.92. The van der Waals surface area contributed by atoms with Crippen molar-refractivity contribution in [3.63, 3.8) is 0 Å². The lowest BCUT2D eigenvalue weighted by molar-refractivity contribution is 0.563. The molecule has 1 fully saturated rings. The van der Waals surface area contributed by atoms with Crippen LogP contribution in [0.1, 0.15) is 0 Å². The minimum absolute atomic E-state index is 0.0966. The summed E-state index contributed by atoms with van der Waals surface area (Å²) >= 11 is 5.95. The van der Waals surface area contributed by atoms with Crippen molar-refractivity contribution >= 4 is 42.2 Å². The molecule has 2 atom stereocenters. The van der Waals surface area contributed by atoms with Crippen molar-refractivity contribution in [3.8, 4) is 0 Å². The predicted molar refractivity (Wildman–Crippen MR) is 86.4 cm³/mol. The lowest BCUT2D eigenvalue weighted by Gasteiger charge is -2.15. The summed E-state index contributed by atoms with van der Waals surface area (Å²) in [5, 5.41) is 0.979. The molecule has 0 unspecified atom stereocenters. The van der Waals surface area contributed by atoms with Gasteiger partial charge in [-0.05, 0) is 22.9 Å². The highest BCUT2D eigenvalue weighted by Crippen LogP contribution is 2.22. The number of fused-ring (bicyclic) bond motifs is 1. The molecule has 3 rings (SSSR count). The molecule has 0 radical (unpaired) electrons. The second-order valence-electron chi connectivity index (χ2n) is 5.33. The summed E-state index contributed by atoms with van der Waals surface area (Å²) in [6.45, 7) is 0.